The minimum atomic E-state index is 0.00916. The van der Waals surface area contributed by atoms with Crippen LogP contribution in [0.3, 0.4) is 0 Å². The van der Waals surface area contributed by atoms with E-state index < -0.39 is 0 Å². The number of fused-ring (bicyclic) bond motifs is 1. The van der Waals surface area contributed by atoms with Crippen molar-refractivity contribution in [2.24, 2.45) is 4.99 Å². The van der Waals surface area contributed by atoms with Crippen LogP contribution in [0, 0.1) is 6.92 Å². The second-order valence-corrected chi connectivity index (χ2v) is 7.09. The van der Waals surface area contributed by atoms with E-state index in [0.717, 1.165) is 16.8 Å². The summed E-state index contributed by atoms with van der Waals surface area (Å²) in [6.45, 7) is 2.04. The number of rotatable bonds is 2. The fourth-order valence-electron chi connectivity index (χ4n) is 2.87. The van der Waals surface area contributed by atoms with E-state index in [-0.39, 0.29) is 11.2 Å². The van der Waals surface area contributed by atoms with E-state index in [2.05, 4.69) is 21.4 Å². The molecule has 24 heavy (non-hydrogen) atoms. The monoisotopic (exact) mass is 335 g/mol. The van der Waals surface area contributed by atoms with Gasteiger partial charge in [0.05, 0.1) is 5.69 Å². The standard InChI is InChI=1S/C19H17N3OS/c1-12-6-8-13(9-7-12)21-19-22-18(23)10-17(24-19)15-11-20-16-5-3-2-4-14(15)16/h2-9,11,17,20H,10H2,1H3,(H,21,22,23). The van der Waals surface area contributed by atoms with Crippen LogP contribution in [0.15, 0.2) is 59.7 Å². The number of carbonyl (C=O) groups is 1. The Kier molecular flexibility index (Phi) is 3.86. The van der Waals surface area contributed by atoms with Crippen LogP contribution < -0.4 is 5.32 Å². The van der Waals surface area contributed by atoms with Crippen molar-refractivity contribution in [3.8, 4) is 0 Å². The van der Waals surface area contributed by atoms with Gasteiger partial charge in [0, 0.05) is 28.8 Å². The van der Waals surface area contributed by atoms with Crippen molar-refractivity contribution >= 4 is 39.4 Å². The van der Waals surface area contributed by atoms with Crippen molar-refractivity contribution in [1.82, 2.24) is 10.3 Å². The van der Waals surface area contributed by atoms with Crippen molar-refractivity contribution < 1.29 is 4.79 Å². The SMILES string of the molecule is Cc1ccc(N=C2NC(=O)CC(c3c[nH]c4ccccc34)S2)cc1. The van der Waals surface area contributed by atoms with Gasteiger partial charge in [-0.1, -0.05) is 47.7 Å². The molecule has 2 heterocycles. The Morgan fingerprint density at radius 2 is 1.92 bits per heavy atom. The van der Waals surface area contributed by atoms with Gasteiger partial charge in [-0.05, 0) is 30.7 Å². The van der Waals surface area contributed by atoms with Gasteiger partial charge in [-0.25, -0.2) is 4.99 Å². The highest BCUT2D eigenvalue weighted by molar-refractivity contribution is 8.14. The summed E-state index contributed by atoms with van der Waals surface area (Å²) in [6, 6.07) is 16.1. The Morgan fingerprint density at radius 1 is 1.12 bits per heavy atom. The van der Waals surface area contributed by atoms with Gasteiger partial charge in [-0.2, -0.15) is 0 Å². The molecule has 5 heteroatoms. The lowest BCUT2D eigenvalue weighted by Crippen LogP contribution is -2.34. The van der Waals surface area contributed by atoms with Gasteiger partial charge in [0.1, 0.15) is 0 Å². The van der Waals surface area contributed by atoms with Crippen LogP contribution in [0.4, 0.5) is 5.69 Å². The zero-order valence-corrected chi connectivity index (χ0v) is 14.1. The van der Waals surface area contributed by atoms with Crippen LogP contribution in [0.2, 0.25) is 0 Å². The maximum Gasteiger partial charge on any atom is 0.227 e. The zero-order valence-electron chi connectivity index (χ0n) is 13.2. The molecule has 1 saturated heterocycles. The predicted octanol–water partition coefficient (Wildman–Crippen LogP) is 4.46. The first-order valence-electron chi connectivity index (χ1n) is 7.87. The first-order chi connectivity index (χ1) is 11.7. The molecule has 0 spiro atoms. The number of aromatic nitrogens is 1. The van der Waals surface area contributed by atoms with Crippen LogP contribution in [-0.2, 0) is 4.79 Å². The zero-order chi connectivity index (χ0) is 16.5. The van der Waals surface area contributed by atoms with Gasteiger partial charge in [-0.15, -0.1) is 0 Å². The highest BCUT2D eigenvalue weighted by atomic mass is 32.2. The number of benzene rings is 2. The van der Waals surface area contributed by atoms with E-state index in [1.54, 1.807) is 11.8 Å². The number of thioether (sulfide) groups is 1. The molecule has 1 aliphatic rings. The van der Waals surface area contributed by atoms with Gasteiger partial charge in [-0.3, -0.25) is 4.79 Å². The first kappa shape index (κ1) is 15.0. The Bertz CT molecular complexity index is 927. The lowest BCUT2D eigenvalue weighted by molar-refractivity contribution is -0.119. The van der Waals surface area contributed by atoms with Gasteiger partial charge in [0.25, 0.3) is 0 Å². The third-order valence-electron chi connectivity index (χ3n) is 4.10. The van der Waals surface area contributed by atoms with Crippen LogP contribution in [0.5, 0.6) is 0 Å². The van der Waals surface area contributed by atoms with E-state index in [0.29, 0.717) is 11.6 Å². The van der Waals surface area contributed by atoms with Crippen molar-refractivity contribution in [2.75, 3.05) is 0 Å². The molecule has 1 fully saturated rings. The number of hydrogen-bond acceptors (Lipinski definition) is 3. The summed E-state index contributed by atoms with van der Waals surface area (Å²) in [5, 5.41) is 4.78. The molecule has 120 valence electrons. The lowest BCUT2D eigenvalue weighted by Gasteiger charge is -2.22. The molecule has 2 N–H and O–H groups in total. The molecule has 4 rings (SSSR count). The second kappa shape index (κ2) is 6.17. The van der Waals surface area contributed by atoms with Crippen LogP contribution in [-0.4, -0.2) is 16.1 Å². The van der Waals surface area contributed by atoms with Crippen LogP contribution >= 0.6 is 11.8 Å². The summed E-state index contributed by atoms with van der Waals surface area (Å²) in [5.41, 5.74) is 4.29. The summed E-state index contributed by atoms with van der Waals surface area (Å²) >= 11 is 1.60. The van der Waals surface area contributed by atoms with Crippen molar-refractivity contribution in [3.05, 3.63) is 65.9 Å². The van der Waals surface area contributed by atoms with Crippen LogP contribution in [0.1, 0.15) is 22.8 Å². The lowest BCUT2D eigenvalue weighted by atomic mass is 10.1. The number of aromatic amines is 1. The smallest absolute Gasteiger partial charge is 0.227 e. The molecule has 4 nitrogen and oxygen atoms in total. The minimum absolute atomic E-state index is 0.00916. The van der Waals surface area contributed by atoms with Gasteiger partial charge in [0.15, 0.2) is 5.17 Å². The maximum atomic E-state index is 12.1. The second-order valence-electron chi connectivity index (χ2n) is 5.90. The molecule has 3 aromatic rings. The number of aliphatic imine (C=N–C) groups is 1. The summed E-state index contributed by atoms with van der Waals surface area (Å²) in [6.07, 6.45) is 2.46. The summed E-state index contributed by atoms with van der Waals surface area (Å²) < 4.78 is 0. The minimum Gasteiger partial charge on any atom is -0.361 e. The van der Waals surface area contributed by atoms with Crippen molar-refractivity contribution in [2.45, 2.75) is 18.6 Å². The molecule has 1 atom stereocenters. The number of amides is 1. The Morgan fingerprint density at radius 3 is 2.75 bits per heavy atom. The number of nitrogens with zero attached hydrogens (tertiary/aromatic N) is 1. The highest BCUT2D eigenvalue weighted by Crippen LogP contribution is 2.39. The number of amidine groups is 1. The van der Waals surface area contributed by atoms with Gasteiger partial charge >= 0.3 is 0 Å². The normalized spacial score (nSPS) is 19.6. The fourth-order valence-corrected chi connectivity index (χ4v) is 4.03. The average Bonchev–Trinajstić information content (AvgIpc) is 3.01. The molecule has 0 saturated carbocycles. The van der Waals surface area contributed by atoms with E-state index >= 15 is 0 Å². The van der Waals surface area contributed by atoms with Crippen LogP contribution in [0.25, 0.3) is 10.9 Å². The maximum absolute atomic E-state index is 12.1. The molecule has 2 aromatic carbocycles. The summed E-state index contributed by atoms with van der Waals surface area (Å²) in [7, 11) is 0. The van der Waals surface area contributed by atoms with Gasteiger partial charge in [0.2, 0.25) is 5.91 Å². The molecule has 0 radical (unpaired) electrons. The molecule has 0 aliphatic carbocycles. The third kappa shape index (κ3) is 2.95. The van der Waals surface area contributed by atoms with E-state index in [1.165, 1.54) is 10.9 Å². The number of nitrogens with one attached hydrogen (secondary N) is 2. The molecule has 1 unspecified atom stereocenters. The first-order valence-corrected chi connectivity index (χ1v) is 8.75. The van der Waals surface area contributed by atoms with Crippen molar-refractivity contribution in [1.29, 1.82) is 0 Å². The third-order valence-corrected chi connectivity index (χ3v) is 5.23. The van der Waals surface area contributed by atoms with Gasteiger partial charge < -0.3 is 10.3 Å². The predicted molar refractivity (Wildman–Crippen MR) is 99.7 cm³/mol. The molecular formula is C19H17N3OS. The summed E-state index contributed by atoms with van der Waals surface area (Å²) in [4.78, 5) is 20.0. The Labute approximate surface area is 144 Å². The topological polar surface area (TPSA) is 57.2 Å². The van der Waals surface area contributed by atoms with E-state index in [4.69, 9.17) is 0 Å². The average molecular weight is 335 g/mol. The van der Waals surface area contributed by atoms with E-state index in [9.17, 15) is 4.79 Å². The van der Waals surface area contributed by atoms with Crippen molar-refractivity contribution in [3.63, 3.8) is 0 Å². The molecule has 1 amide bonds. The molecule has 0 bridgehead atoms. The Hall–Kier alpha value is -2.53. The largest absolute Gasteiger partial charge is 0.361 e. The fraction of sp³-hybridized carbons (Fsp3) is 0.158. The Balaban J connectivity index is 1.65. The van der Waals surface area contributed by atoms with E-state index in [1.807, 2.05) is 55.6 Å². The number of carbonyl (C=O) groups excluding carboxylic acids is 1. The summed E-state index contributed by atoms with van der Waals surface area (Å²) in [5.74, 6) is 0.00916. The number of para-hydroxylation sites is 1. The number of H-pyrrole nitrogens is 1. The molecule has 1 aromatic heterocycles. The molecule has 1 aliphatic heterocycles. The number of hydrogen-bond donors (Lipinski definition) is 2. The highest BCUT2D eigenvalue weighted by Gasteiger charge is 2.27. The molecular weight excluding hydrogens is 318 g/mol. The quantitative estimate of drug-likeness (QED) is 0.726. The number of aryl methyl sites for hydroxylation is 1.